The lowest BCUT2D eigenvalue weighted by atomic mass is 9.99. The first-order valence-corrected chi connectivity index (χ1v) is 6.15. The van der Waals surface area contributed by atoms with E-state index < -0.39 is 0 Å². The molecule has 1 aliphatic rings. The molecule has 1 fully saturated rings. The van der Waals surface area contributed by atoms with E-state index in [1.807, 2.05) is 37.3 Å². The Morgan fingerprint density at radius 3 is 2.78 bits per heavy atom. The van der Waals surface area contributed by atoms with Crippen molar-refractivity contribution in [1.29, 1.82) is 0 Å². The van der Waals surface area contributed by atoms with Crippen molar-refractivity contribution in [3.05, 3.63) is 35.9 Å². The predicted octanol–water partition coefficient (Wildman–Crippen LogP) is 2.23. The molecule has 1 aromatic carbocycles. The van der Waals surface area contributed by atoms with Crippen molar-refractivity contribution >= 4 is 11.9 Å². The van der Waals surface area contributed by atoms with Crippen molar-refractivity contribution in [2.75, 3.05) is 13.1 Å². The number of ketones is 1. The summed E-state index contributed by atoms with van der Waals surface area (Å²) in [4.78, 5) is 24.8. The van der Waals surface area contributed by atoms with Crippen LogP contribution in [0.25, 0.3) is 0 Å². The largest absolute Gasteiger partial charge is 0.445 e. The van der Waals surface area contributed by atoms with Gasteiger partial charge in [0, 0.05) is 25.4 Å². The van der Waals surface area contributed by atoms with E-state index in [1.54, 1.807) is 4.90 Å². The number of piperidine rings is 1. The summed E-state index contributed by atoms with van der Waals surface area (Å²) in [6.45, 7) is 3.06. The highest BCUT2D eigenvalue weighted by Gasteiger charge is 2.27. The monoisotopic (exact) mass is 247 g/mol. The van der Waals surface area contributed by atoms with Gasteiger partial charge in [0.25, 0.3) is 0 Å². The van der Waals surface area contributed by atoms with Gasteiger partial charge in [0.2, 0.25) is 0 Å². The zero-order chi connectivity index (χ0) is 13.0. The van der Waals surface area contributed by atoms with Crippen LogP contribution in [0, 0.1) is 5.92 Å². The summed E-state index contributed by atoms with van der Waals surface area (Å²) in [5, 5.41) is 0. The second kappa shape index (κ2) is 5.67. The smallest absolute Gasteiger partial charge is 0.410 e. The lowest BCUT2D eigenvalue weighted by Gasteiger charge is -2.29. The summed E-state index contributed by atoms with van der Waals surface area (Å²) in [6.07, 6.45) is 0.0971. The summed E-state index contributed by atoms with van der Waals surface area (Å²) < 4.78 is 5.23. The van der Waals surface area contributed by atoms with E-state index in [0.717, 1.165) is 5.56 Å². The number of carbonyl (C=O) groups is 2. The van der Waals surface area contributed by atoms with Crippen molar-refractivity contribution in [2.24, 2.45) is 5.92 Å². The Hall–Kier alpha value is -1.84. The second-order valence-corrected chi connectivity index (χ2v) is 4.60. The van der Waals surface area contributed by atoms with Gasteiger partial charge in [0.05, 0.1) is 0 Å². The van der Waals surface area contributed by atoms with Crippen molar-refractivity contribution in [2.45, 2.75) is 20.0 Å². The third-order valence-corrected chi connectivity index (χ3v) is 3.14. The minimum Gasteiger partial charge on any atom is -0.445 e. The van der Waals surface area contributed by atoms with E-state index >= 15 is 0 Å². The van der Waals surface area contributed by atoms with Gasteiger partial charge in [-0.1, -0.05) is 37.3 Å². The van der Waals surface area contributed by atoms with Gasteiger partial charge in [-0.25, -0.2) is 4.79 Å². The van der Waals surface area contributed by atoms with Gasteiger partial charge >= 0.3 is 6.09 Å². The highest BCUT2D eigenvalue weighted by molar-refractivity contribution is 5.83. The fourth-order valence-electron chi connectivity index (χ4n) is 1.99. The average Bonchev–Trinajstić information content (AvgIpc) is 2.40. The second-order valence-electron chi connectivity index (χ2n) is 4.60. The lowest BCUT2D eigenvalue weighted by molar-refractivity contribution is -0.125. The number of Topliss-reactive ketones (excluding diaryl/α,β-unsaturated/α-hetero) is 1. The van der Waals surface area contributed by atoms with Gasteiger partial charge in [-0.2, -0.15) is 0 Å². The summed E-state index contributed by atoms with van der Waals surface area (Å²) >= 11 is 0. The molecule has 4 heteroatoms. The summed E-state index contributed by atoms with van der Waals surface area (Å²) in [6, 6.07) is 9.56. The van der Waals surface area contributed by atoms with Crippen molar-refractivity contribution < 1.29 is 14.3 Å². The van der Waals surface area contributed by atoms with Crippen LogP contribution < -0.4 is 0 Å². The Kier molecular flexibility index (Phi) is 3.97. The zero-order valence-electron chi connectivity index (χ0n) is 10.5. The van der Waals surface area contributed by atoms with Gasteiger partial charge in [0.1, 0.15) is 12.4 Å². The average molecular weight is 247 g/mol. The number of likely N-dealkylation sites (tertiary alicyclic amines) is 1. The van der Waals surface area contributed by atoms with E-state index in [1.165, 1.54) is 0 Å². The Morgan fingerprint density at radius 1 is 1.39 bits per heavy atom. The zero-order valence-corrected chi connectivity index (χ0v) is 10.5. The molecular formula is C14H17NO3. The van der Waals surface area contributed by atoms with E-state index in [9.17, 15) is 9.59 Å². The molecule has 0 saturated carbocycles. The SMILES string of the molecule is C[C@H]1CN(C(=O)OCc2ccccc2)CCC1=O. The number of nitrogens with zero attached hydrogens (tertiary/aromatic N) is 1. The molecule has 0 bridgehead atoms. The minimum atomic E-state index is -0.335. The topological polar surface area (TPSA) is 46.6 Å². The Bertz CT molecular complexity index is 430. The molecule has 1 saturated heterocycles. The minimum absolute atomic E-state index is 0.0805. The number of rotatable bonds is 2. The normalized spacial score (nSPS) is 19.7. The number of ether oxygens (including phenoxy) is 1. The van der Waals surface area contributed by atoms with Crippen LogP contribution in [0.2, 0.25) is 0 Å². The van der Waals surface area contributed by atoms with Gasteiger partial charge < -0.3 is 9.64 Å². The van der Waals surface area contributed by atoms with Crippen LogP contribution in [0.15, 0.2) is 30.3 Å². The number of carbonyl (C=O) groups excluding carboxylic acids is 2. The highest BCUT2D eigenvalue weighted by Crippen LogP contribution is 2.13. The first-order chi connectivity index (χ1) is 8.66. The fraction of sp³-hybridized carbons (Fsp3) is 0.429. The summed E-state index contributed by atoms with van der Waals surface area (Å²) in [5.74, 6) is 0.144. The molecule has 18 heavy (non-hydrogen) atoms. The predicted molar refractivity (Wildman–Crippen MR) is 67.0 cm³/mol. The number of hydrogen-bond donors (Lipinski definition) is 0. The first-order valence-electron chi connectivity index (χ1n) is 6.15. The summed E-state index contributed by atoms with van der Waals surface area (Å²) in [5.41, 5.74) is 0.965. The standard InChI is InChI=1S/C14H17NO3/c1-11-9-15(8-7-13(11)16)14(17)18-10-12-5-3-2-4-6-12/h2-6,11H,7-10H2,1H3/t11-/m0/s1. The molecule has 1 amide bonds. The quantitative estimate of drug-likeness (QED) is 0.805. The van der Waals surface area contributed by atoms with E-state index in [-0.39, 0.29) is 24.4 Å². The fourth-order valence-corrected chi connectivity index (χ4v) is 1.99. The van der Waals surface area contributed by atoms with Gasteiger partial charge in [-0.15, -0.1) is 0 Å². The van der Waals surface area contributed by atoms with E-state index in [2.05, 4.69) is 0 Å². The number of hydrogen-bond acceptors (Lipinski definition) is 3. The molecule has 0 aliphatic carbocycles. The molecule has 0 N–H and O–H groups in total. The third kappa shape index (κ3) is 3.09. The molecule has 0 radical (unpaired) electrons. The molecule has 1 aromatic rings. The molecular weight excluding hydrogens is 230 g/mol. The van der Waals surface area contributed by atoms with Crippen molar-refractivity contribution in [1.82, 2.24) is 4.90 Å². The van der Waals surface area contributed by atoms with E-state index in [0.29, 0.717) is 19.5 Å². The molecule has 0 spiro atoms. The molecule has 0 unspecified atom stereocenters. The summed E-state index contributed by atoms with van der Waals surface area (Å²) in [7, 11) is 0. The maximum Gasteiger partial charge on any atom is 0.410 e. The van der Waals surface area contributed by atoms with Gasteiger partial charge in [-0.3, -0.25) is 4.79 Å². The van der Waals surface area contributed by atoms with Crippen LogP contribution in [0.5, 0.6) is 0 Å². The first kappa shape index (κ1) is 12.6. The molecule has 1 aliphatic heterocycles. The molecule has 4 nitrogen and oxygen atoms in total. The maximum atomic E-state index is 11.8. The van der Waals surface area contributed by atoms with Crippen LogP contribution in [0.1, 0.15) is 18.9 Å². The molecule has 2 rings (SSSR count). The van der Waals surface area contributed by atoms with Gasteiger partial charge in [0.15, 0.2) is 0 Å². The lowest BCUT2D eigenvalue weighted by Crippen LogP contribution is -2.43. The van der Waals surface area contributed by atoms with Crippen LogP contribution >= 0.6 is 0 Å². The highest BCUT2D eigenvalue weighted by atomic mass is 16.6. The van der Waals surface area contributed by atoms with Crippen LogP contribution in [-0.4, -0.2) is 29.9 Å². The molecule has 1 atom stereocenters. The van der Waals surface area contributed by atoms with Gasteiger partial charge in [-0.05, 0) is 5.56 Å². The van der Waals surface area contributed by atoms with Crippen LogP contribution in [-0.2, 0) is 16.1 Å². The third-order valence-electron chi connectivity index (χ3n) is 3.14. The van der Waals surface area contributed by atoms with Crippen LogP contribution in [0.4, 0.5) is 4.79 Å². The number of benzene rings is 1. The van der Waals surface area contributed by atoms with Crippen LogP contribution in [0.3, 0.4) is 0 Å². The van der Waals surface area contributed by atoms with Crippen molar-refractivity contribution in [3.63, 3.8) is 0 Å². The number of amides is 1. The molecule has 0 aromatic heterocycles. The maximum absolute atomic E-state index is 11.8. The molecule has 1 heterocycles. The van der Waals surface area contributed by atoms with Crippen molar-refractivity contribution in [3.8, 4) is 0 Å². The Labute approximate surface area is 107 Å². The molecule has 96 valence electrons. The Balaban J connectivity index is 1.83. The van der Waals surface area contributed by atoms with E-state index in [4.69, 9.17) is 4.74 Å². The Morgan fingerprint density at radius 2 is 2.11 bits per heavy atom.